The summed E-state index contributed by atoms with van der Waals surface area (Å²) in [5, 5.41) is 2.73. The van der Waals surface area contributed by atoms with E-state index >= 15 is 0 Å². The first-order valence-corrected chi connectivity index (χ1v) is 11.0. The van der Waals surface area contributed by atoms with Crippen molar-refractivity contribution in [3.63, 3.8) is 0 Å². The Kier molecular flexibility index (Phi) is 5.38. The van der Waals surface area contributed by atoms with E-state index in [1.54, 1.807) is 4.90 Å². The van der Waals surface area contributed by atoms with Gasteiger partial charge in [-0.25, -0.2) is 0 Å². The zero-order valence-electron chi connectivity index (χ0n) is 18.0. The molecule has 0 bridgehead atoms. The maximum atomic E-state index is 13.2. The Morgan fingerprint density at radius 1 is 0.848 bits per heavy atom. The summed E-state index contributed by atoms with van der Waals surface area (Å²) in [6, 6.07) is 16.1. The van der Waals surface area contributed by atoms with Crippen LogP contribution < -0.4 is 10.2 Å². The smallest absolute Gasteiger partial charge is 0.253 e. The van der Waals surface area contributed by atoms with Gasteiger partial charge in [0.2, 0.25) is 11.8 Å². The fourth-order valence-corrected chi connectivity index (χ4v) is 4.44. The minimum absolute atomic E-state index is 0.00417. The summed E-state index contributed by atoms with van der Waals surface area (Å²) < 4.78 is 0. The summed E-state index contributed by atoms with van der Waals surface area (Å²) >= 11 is 0. The van der Waals surface area contributed by atoms with Gasteiger partial charge in [0.15, 0.2) is 0 Å². The molecule has 0 radical (unpaired) electrons. The van der Waals surface area contributed by atoms with Crippen LogP contribution in [-0.2, 0) is 25.7 Å². The molecule has 7 heteroatoms. The van der Waals surface area contributed by atoms with Crippen LogP contribution in [0.3, 0.4) is 0 Å². The molecular weight excluding hydrogens is 418 g/mol. The van der Waals surface area contributed by atoms with Crippen LogP contribution in [0.1, 0.15) is 36.0 Å². The second-order valence-electron chi connectivity index (χ2n) is 8.30. The molecular formula is C26H23N3O4. The van der Waals surface area contributed by atoms with Gasteiger partial charge in [-0.15, -0.1) is 0 Å². The molecule has 0 spiro atoms. The van der Waals surface area contributed by atoms with Gasteiger partial charge in [0, 0.05) is 43.6 Å². The first-order valence-electron chi connectivity index (χ1n) is 11.0. The van der Waals surface area contributed by atoms with Gasteiger partial charge in [-0.3, -0.25) is 24.1 Å². The average molecular weight is 441 g/mol. The van der Waals surface area contributed by atoms with Gasteiger partial charge in [-0.05, 0) is 34.8 Å². The molecule has 2 aliphatic heterocycles. The summed E-state index contributed by atoms with van der Waals surface area (Å²) in [6.45, 7) is 0.688. The SMILES string of the molecule is O=C(CCN1C(=O)C=CC1=O)NCCC(=O)N1Cc2ccccc2C2=C(C2)c2ccccc21. The number of benzene rings is 2. The van der Waals surface area contributed by atoms with E-state index in [0.29, 0.717) is 6.54 Å². The Balaban J connectivity index is 1.24. The number of amides is 4. The Bertz CT molecular complexity index is 1230. The molecule has 2 heterocycles. The van der Waals surface area contributed by atoms with Gasteiger partial charge in [0.05, 0.1) is 12.2 Å². The van der Waals surface area contributed by atoms with Crippen molar-refractivity contribution >= 4 is 40.5 Å². The predicted molar refractivity (Wildman–Crippen MR) is 124 cm³/mol. The van der Waals surface area contributed by atoms with E-state index in [1.165, 1.54) is 28.9 Å². The Morgan fingerprint density at radius 3 is 2.30 bits per heavy atom. The highest BCUT2D eigenvalue weighted by molar-refractivity contribution is 6.13. The van der Waals surface area contributed by atoms with Crippen LogP contribution in [-0.4, -0.2) is 41.6 Å². The Labute approximate surface area is 191 Å². The van der Waals surface area contributed by atoms with Crippen molar-refractivity contribution in [1.29, 1.82) is 0 Å². The highest BCUT2D eigenvalue weighted by Gasteiger charge is 2.33. The lowest BCUT2D eigenvalue weighted by Gasteiger charge is -2.27. The summed E-state index contributed by atoms with van der Waals surface area (Å²) in [4.78, 5) is 51.4. The molecule has 0 fully saturated rings. The monoisotopic (exact) mass is 441 g/mol. The first kappa shape index (κ1) is 20.9. The largest absolute Gasteiger partial charge is 0.356 e. The molecule has 5 rings (SSSR count). The van der Waals surface area contributed by atoms with E-state index < -0.39 is 11.8 Å². The Hall–Kier alpha value is -4.00. The maximum Gasteiger partial charge on any atom is 0.253 e. The zero-order valence-corrected chi connectivity index (χ0v) is 18.0. The number of hydrogen-bond donors (Lipinski definition) is 1. The standard InChI is InChI=1S/C26H23N3O4/c30-23(12-14-28-24(31)9-10-25(28)32)27-13-11-26(33)29-16-17-5-1-2-6-18(17)20-15-21(20)19-7-3-4-8-22(19)29/h1-10H,11-16H2,(H,27,30). The van der Waals surface area contributed by atoms with Crippen molar-refractivity contribution in [1.82, 2.24) is 10.2 Å². The van der Waals surface area contributed by atoms with Gasteiger partial charge < -0.3 is 10.2 Å². The third-order valence-corrected chi connectivity index (χ3v) is 6.21. The van der Waals surface area contributed by atoms with Crippen molar-refractivity contribution in [2.45, 2.75) is 25.8 Å². The molecule has 3 aliphatic rings. The summed E-state index contributed by atoms with van der Waals surface area (Å²) in [5.74, 6) is -1.20. The van der Waals surface area contributed by atoms with Gasteiger partial charge in [0.25, 0.3) is 11.8 Å². The quantitative estimate of drug-likeness (QED) is 0.699. The van der Waals surface area contributed by atoms with E-state index in [2.05, 4.69) is 23.5 Å². The van der Waals surface area contributed by atoms with Gasteiger partial charge in [-0.1, -0.05) is 42.5 Å². The molecule has 7 nitrogen and oxygen atoms in total. The third-order valence-electron chi connectivity index (χ3n) is 6.21. The van der Waals surface area contributed by atoms with E-state index in [1.807, 2.05) is 30.3 Å². The number of anilines is 1. The molecule has 0 saturated carbocycles. The highest BCUT2D eigenvalue weighted by atomic mass is 16.2. The topological polar surface area (TPSA) is 86.8 Å². The summed E-state index contributed by atoms with van der Waals surface area (Å²) in [7, 11) is 0. The predicted octanol–water partition coefficient (Wildman–Crippen LogP) is 2.67. The van der Waals surface area contributed by atoms with Crippen molar-refractivity contribution in [3.05, 3.63) is 77.4 Å². The van der Waals surface area contributed by atoms with Crippen LogP contribution in [0.4, 0.5) is 5.69 Å². The summed E-state index contributed by atoms with van der Waals surface area (Å²) in [5.41, 5.74) is 6.93. The summed E-state index contributed by atoms with van der Waals surface area (Å²) in [6.07, 6.45) is 3.48. The zero-order chi connectivity index (χ0) is 22.9. The number of nitrogens with zero attached hydrogens (tertiary/aromatic N) is 2. The van der Waals surface area contributed by atoms with Crippen molar-refractivity contribution in [2.24, 2.45) is 0 Å². The number of allylic oxidation sites excluding steroid dienone is 2. The van der Waals surface area contributed by atoms with Crippen LogP contribution in [0.25, 0.3) is 11.1 Å². The molecule has 2 aromatic rings. The number of carbonyl (C=O) groups is 4. The molecule has 1 N–H and O–H groups in total. The number of fused-ring (bicyclic) bond motifs is 4. The minimum atomic E-state index is -0.409. The van der Waals surface area contributed by atoms with Gasteiger partial charge in [-0.2, -0.15) is 0 Å². The van der Waals surface area contributed by atoms with Gasteiger partial charge in [0.1, 0.15) is 0 Å². The van der Waals surface area contributed by atoms with Gasteiger partial charge >= 0.3 is 0 Å². The molecule has 0 aromatic heterocycles. The van der Waals surface area contributed by atoms with Crippen molar-refractivity contribution in [3.8, 4) is 0 Å². The van der Waals surface area contributed by atoms with E-state index in [9.17, 15) is 19.2 Å². The third kappa shape index (κ3) is 4.09. The first-order chi connectivity index (χ1) is 16.0. The number of para-hydroxylation sites is 1. The van der Waals surface area contributed by atoms with Crippen LogP contribution in [0.15, 0.2) is 60.7 Å². The number of nitrogens with one attached hydrogen (secondary N) is 1. The fourth-order valence-electron chi connectivity index (χ4n) is 4.44. The molecule has 0 unspecified atom stereocenters. The molecule has 0 saturated heterocycles. The number of carbonyl (C=O) groups excluding carboxylic acids is 4. The fraction of sp³-hybridized carbons (Fsp3) is 0.231. The van der Waals surface area contributed by atoms with E-state index in [-0.39, 0.29) is 37.7 Å². The van der Waals surface area contributed by atoms with Crippen LogP contribution >= 0.6 is 0 Å². The molecule has 33 heavy (non-hydrogen) atoms. The molecule has 166 valence electrons. The minimum Gasteiger partial charge on any atom is -0.356 e. The van der Waals surface area contributed by atoms with Crippen LogP contribution in [0, 0.1) is 0 Å². The molecule has 1 aliphatic carbocycles. The second kappa shape index (κ2) is 8.50. The lowest BCUT2D eigenvalue weighted by Crippen LogP contribution is -2.37. The number of rotatable bonds is 6. The second-order valence-corrected chi connectivity index (χ2v) is 8.30. The maximum absolute atomic E-state index is 13.2. The van der Waals surface area contributed by atoms with Crippen LogP contribution in [0.5, 0.6) is 0 Å². The van der Waals surface area contributed by atoms with Crippen LogP contribution in [0.2, 0.25) is 0 Å². The Morgan fingerprint density at radius 2 is 1.52 bits per heavy atom. The lowest BCUT2D eigenvalue weighted by molar-refractivity contribution is -0.137. The van der Waals surface area contributed by atoms with E-state index in [4.69, 9.17) is 0 Å². The van der Waals surface area contributed by atoms with Crippen molar-refractivity contribution in [2.75, 3.05) is 18.0 Å². The van der Waals surface area contributed by atoms with Crippen molar-refractivity contribution < 1.29 is 19.2 Å². The molecule has 2 aromatic carbocycles. The highest BCUT2D eigenvalue weighted by Crippen LogP contribution is 2.52. The average Bonchev–Trinajstić information content (AvgIpc) is 3.53. The lowest BCUT2D eigenvalue weighted by atomic mass is 10.0. The normalized spacial score (nSPS) is 16.1. The molecule has 4 amide bonds. The van der Waals surface area contributed by atoms with E-state index in [0.717, 1.165) is 28.1 Å². The number of imide groups is 1. The number of hydrogen-bond acceptors (Lipinski definition) is 4. The molecule has 0 atom stereocenters.